The monoisotopic (exact) mass is 241 g/mol. The molecule has 15 heavy (non-hydrogen) atoms. The van der Waals surface area contributed by atoms with Gasteiger partial charge in [0.2, 0.25) is 0 Å². The number of nitrogens with zero attached hydrogens (tertiary/aromatic N) is 1. The molecule has 0 amide bonds. The lowest BCUT2D eigenvalue weighted by Crippen LogP contribution is -1.98. The summed E-state index contributed by atoms with van der Waals surface area (Å²) in [6.45, 7) is 0. The fourth-order valence-electron chi connectivity index (χ4n) is 1.47. The third kappa shape index (κ3) is 1.82. The zero-order valence-electron chi connectivity index (χ0n) is 7.94. The average Bonchev–Trinajstić information content (AvgIpc) is 2.16. The van der Waals surface area contributed by atoms with E-state index in [-0.39, 0.29) is 4.90 Å². The van der Waals surface area contributed by atoms with Gasteiger partial charge in [0.1, 0.15) is 0 Å². The maximum Gasteiger partial charge on any atom is 0.176 e. The molecule has 0 spiro atoms. The summed E-state index contributed by atoms with van der Waals surface area (Å²) in [4.78, 5) is 4.15. The number of rotatable bonds is 1. The number of hydrogen-bond donors (Lipinski definition) is 0. The van der Waals surface area contributed by atoms with Gasteiger partial charge in [-0.1, -0.05) is 23.7 Å². The number of aromatic nitrogens is 1. The third-order valence-corrected chi connectivity index (χ3v) is 3.52. The smallest absolute Gasteiger partial charge is 0.176 e. The van der Waals surface area contributed by atoms with E-state index in [2.05, 4.69) is 4.98 Å². The van der Waals surface area contributed by atoms with Gasteiger partial charge in [0.25, 0.3) is 0 Å². The summed E-state index contributed by atoms with van der Waals surface area (Å²) < 4.78 is 23.0. The van der Waals surface area contributed by atoms with Crippen LogP contribution in [0.15, 0.2) is 35.5 Å². The van der Waals surface area contributed by atoms with Crippen LogP contribution >= 0.6 is 11.6 Å². The van der Waals surface area contributed by atoms with Gasteiger partial charge in [-0.05, 0) is 6.07 Å². The minimum Gasteiger partial charge on any atom is -0.263 e. The first-order chi connectivity index (χ1) is 7.00. The number of halogens is 1. The second kappa shape index (κ2) is 3.47. The Balaban J connectivity index is 2.99. The molecule has 2 rings (SSSR count). The summed E-state index contributed by atoms with van der Waals surface area (Å²) in [5, 5.41) is 1.62. The lowest BCUT2D eigenvalue weighted by atomic mass is 10.2. The van der Waals surface area contributed by atoms with Gasteiger partial charge in [0, 0.05) is 29.4 Å². The molecule has 0 N–H and O–H groups in total. The van der Waals surface area contributed by atoms with Crippen molar-refractivity contribution < 1.29 is 8.42 Å². The van der Waals surface area contributed by atoms with E-state index in [1.165, 1.54) is 12.5 Å². The van der Waals surface area contributed by atoms with Crippen LogP contribution < -0.4 is 0 Å². The molecule has 0 saturated heterocycles. The van der Waals surface area contributed by atoms with E-state index in [1.807, 2.05) is 0 Å². The van der Waals surface area contributed by atoms with Gasteiger partial charge in [-0.15, -0.1) is 0 Å². The summed E-state index contributed by atoms with van der Waals surface area (Å²) >= 11 is 5.94. The predicted octanol–water partition coefficient (Wildman–Crippen LogP) is 2.29. The van der Waals surface area contributed by atoms with Gasteiger partial charge in [-0.2, -0.15) is 0 Å². The van der Waals surface area contributed by atoms with Crippen LogP contribution in [0.2, 0.25) is 5.02 Å². The molecule has 0 unspecified atom stereocenters. The zero-order chi connectivity index (χ0) is 11.1. The molecular formula is C10H8ClNO2S. The van der Waals surface area contributed by atoms with Crippen molar-refractivity contribution in [2.24, 2.45) is 0 Å². The first-order valence-electron chi connectivity index (χ1n) is 4.22. The number of hydrogen-bond acceptors (Lipinski definition) is 3. The fraction of sp³-hybridized carbons (Fsp3) is 0.100. The Labute approximate surface area is 92.6 Å². The Morgan fingerprint density at radius 1 is 1.27 bits per heavy atom. The summed E-state index contributed by atoms with van der Waals surface area (Å²) in [5.41, 5.74) is 0. The second-order valence-electron chi connectivity index (χ2n) is 3.25. The summed E-state index contributed by atoms with van der Waals surface area (Å²) in [6, 6.07) is 5.00. The molecule has 2 aromatic rings. The Kier molecular flexibility index (Phi) is 2.40. The minimum absolute atomic E-state index is 0.243. The zero-order valence-corrected chi connectivity index (χ0v) is 9.51. The molecule has 3 nitrogen and oxygen atoms in total. The number of fused-ring (bicyclic) bond motifs is 1. The molecule has 1 aromatic heterocycles. The molecule has 78 valence electrons. The fourth-order valence-corrected chi connectivity index (χ4v) is 2.72. The van der Waals surface area contributed by atoms with Crippen LogP contribution in [-0.4, -0.2) is 19.7 Å². The Hall–Kier alpha value is -1.13. The highest BCUT2D eigenvalue weighted by molar-refractivity contribution is 7.91. The van der Waals surface area contributed by atoms with E-state index in [0.29, 0.717) is 10.4 Å². The van der Waals surface area contributed by atoms with Crippen molar-refractivity contribution in [3.05, 3.63) is 35.6 Å². The van der Waals surface area contributed by atoms with Crippen molar-refractivity contribution >= 4 is 32.2 Å². The van der Waals surface area contributed by atoms with Crippen LogP contribution in [0.3, 0.4) is 0 Å². The molecule has 0 aliphatic rings. The van der Waals surface area contributed by atoms with Crippen LogP contribution in [0.1, 0.15) is 0 Å². The lowest BCUT2D eigenvalue weighted by Gasteiger charge is -2.05. The molecule has 1 heterocycles. The summed E-state index contributed by atoms with van der Waals surface area (Å²) in [7, 11) is -3.26. The van der Waals surface area contributed by atoms with Crippen LogP contribution in [0, 0.1) is 0 Å². The highest BCUT2D eigenvalue weighted by Gasteiger charge is 2.13. The van der Waals surface area contributed by atoms with E-state index < -0.39 is 9.84 Å². The highest BCUT2D eigenvalue weighted by Crippen LogP contribution is 2.28. The lowest BCUT2D eigenvalue weighted by molar-refractivity contribution is 0.602. The van der Waals surface area contributed by atoms with Crippen molar-refractivity contribution in [3.8, 4) is 0 Å². The highest BCUT2D eigenvalue weighted by atomic mass is 35.5. The molecule has 0 bridgehead atoms. The van der Waals surface area contributed by atoms with Crippen LogP contribution in [0.25, 0.3) is 10.8 Å². The number of sulfone groups is 1. The maximum atomic E-state index is 11.5. The van der Waals surface area contributed by atoms with Crippen molar-refractivity contribution in [1.82, 2.24) is 4.98 Å². The van der Waals surface area contributed by atoms with Gasteiger partial charge >= 0.3 is 0 Å². The van der Waals surface area contributed by atoms with Gasteiger partial charge in [-0.25, -0.2) is 8.42 Å². The molecule has 5 heteroatoms. The molecule has 0 radical (unpaired) electrons. The molecule has 0 atom stereocenters. The van der Waals surface area contributed by atoms with Gasteiger partial charge in [-0.3, -0.25) is 4.98 Å². The maximum absolute atomic E-state index is 11.5. The Bertz CT molecular complexity index is 617. The van der Waals surface area contributed by atoms with Gasteiger partial charge in [0.15, 0.2) is 9.84 Å². The topological polar surface area (TPSA) is 47.0 Å². The number of pyridine rings is 1. The van der Waals surface area contributed by atoms with E-state index in [9.17, 15) is 8.42 Å². The molecule has 0 saturated carbocycles. The summed E-state index contributed by atoms with van der Waals surface area (Å²) in [5.74, 6) is 0. The van der Waals surface area contributed by atoms with Crippen molar-refractivity contribution in [1.29, 1.82) is 0 Å². The normalized spacial score (nSPS) is 11.9. The largest absolute Gasteiger partial charge is 0.263 e. The Morgan fingerprint density at radius 3 is 2.67 bits per heavy atom. The third-order valence-electron chi connectivity index (χ3n) is 2.10. The van der Waals surface area contributed by atoms with Gasteiger partial charge in [0.05, 0.1) is 9.92 Å². The first kappa shape index (κ1) is 10.4. The van der Waals surface area contributed by atoms with E-state index >= 15 is 0 Å². The van der Waals surface area contributed by atoms with Crippen LogP contribution in [0.4, 0.5) is 0 Å². The SMILES string of the molecule is CS(=O)(=O)c1cccc2cncc(Cl)c12. The van der Waals surface area contributed by atoms with Crippen LogP contribution in [-0.2, 0) is 9.84 Å². The van der Waals surface area contributed by atoms with Gasteiger partial charge < -0.3 is 0 Å². The van der Waals surface area contributed by atoms with Crippen molar-refractivity contribution in [2.75, 3.05) is 6.26 Å². The average molecular weight is 242 g/mol. The summed E-state index contributed by atoms with van der Waals surface area (Å²) in [6.07, 6.45) is 4.20. The van der Waals surface area contributed by atoms with Crippen LogP contribution in [0.5, 0.6) is 0 Å². The minimum atomic E-state index is -3.26. The quantitative estimate of drug-likeness (QED) is 0.770. The van der Waals surface area contributed by atoms with Crippen molar-refractivity contribution in [2.45, 2.75) is 4.90 Å². The first-order valence-corrected chi connectivity index (χ1v) is 6.49. The molecule has 0 aliphatic carbocycles. The van der Waals surface area contributed by atoms with E-state index in [1.54, 1.807) is 24.4 Å². The molecule has 0 fully saturated rings. The van der Waals surface area contributed by atoms with E-state index in [4.69, 9.17) is 11.6 Å². The standard InChI is InChI=1S/C10H8ClNO2S/c1-15(13,14)9-4-2-3-7-5-12-6-8(11)10(7)9/h2-6H,1H3. The molecular weight excluding hydrogens is 234 g/mol. The second-order valence-corrected chi connectivity index (χ2v) is 5.64. The van der Waals surface area contributed by atoms with Crippen molar-refractivity contribution in [3.63, 3.8) is 0 Å². The molecule has 0 aliphatic heterocycles. The van der Waals surface area contributed by atoms with E-state index in [0.717, 1.165) is 5.39 Å². The molecule has 1 aromatic carbocycles. The number of benzene rings is 1. The predicted molar refractivity (Wildman–Crippen MR) is 59.9 cm³/mol. The Morgan fingerprint density at radius 2 is 2.00 bits per heavy atom.